The molecule has 1 atom stereocenters. The lowest BCUT2D eigenvalue weighted by Gasteiger charge is -2.23. The van der Waals surface area contributed by atoms with E-state index in [1.54, 1.807) is 4.90 Å². The predicted octanol–water partition coefficient (Wildman–Crippen LogP) is 2.61. The largest absolute Gasteiger partial charge is 0.394 e. The Bertz CT molecular complexity index is 680. The molecule has 1 aliphatic rings. The number of carbonyl (C=O) groups is 1. The zero-order valence-electron chi connectivity index (χ0n) is 13.0. The molecule has 6 heteroatoms. The molecule has 1 aromatic heterocycles. The normalized spacial score (nSPS) is 18.4. The number of carbonyl (C=O) groups excluding carboxylic acids is 1. The molecule has 0 bridgehead atoms. The third-order valence-electron chi connectivity index (χ3n) is 4.15. The number of nitrogens with one attached hydrogen (secondary N) is 1. The van der Waals surface area contributed by atoms with Crippen LogP contribution in [0.25, 0.3) is 10.9 Å². The van der Waals surface area contributed by atoms with Crippen LogP contribution in [-0.2, 0) is 0 Å². The van der Waals surface area contributed by atoms with Gasteiger partial charge in [-0.1, -0.05) is 0 Å². The summed E-state index contributed by atoms with van der Waals surface area (Å²) in [6.07, 6.45) is 3.80. The van der Waals surface area contributed by atoms with Gasteiger partial charge in [-0.05, 0) is 44.9 Å². The standard InChI is InChI=1S/C16H22N4O2/c1-11(2)20-9-12-8-13(5-6-15(12)18-20)17-16(22)19-7-3-4-14(19)10-21/h5-6,8-9,11,14,21H,3-4,7,10H2,1-2H3,(H,17,22)/t14-/m1/s1. The SMILES string of the molecule is CC(C)n1cc2cc(NC(=O)N3CCC[C@@H]3CO)ccc2n1. The van der Waals surface area contributed by atoms with Crippen LogP contribution in [0.5, 0.6) is 0 Å². The van der Waals surface area contributed by atoms with Crippen molar-refractivity contribution in [1.29, 1.82) is 0 Å². The number of urea groups is 1. The van der Waals surface area contributed by atoms with E-state index in [-0.39, 0.29) is 18.7 Å². The molecule has 0 spiro atoms. The third kappa shape index (κ3) is 2.78. The number of fused-ring (bicyclic) bond motifs is 1. The minimum absolute atomic E-state index is 0.0214. The van der Waals surface area contributed by atoms with Gasteiger partial charge in [0, 0.05) is 29.9 Å². The average molecular weight is 302 g/mol. The van der Waals surface area contributed by atoms with E-state index in [0.717, 1.165) is 29.4 Å². The van der Waals surface area contributed by atoms with E-state index in [9.17, 15) is 9.90 Å². The number of aliphatic hydroxyl groups is 1. The van der Waals surface area contributed by atoms with Crippen LogP contribution in [0.2, 0.25) is 0 Å². The summed E-state index contributed by atoms with van der Waals surface area (Å²) in [7, 11) is 0. The van der Waals surface area contributed by atoms with Crippen LogP contribution in [0.1, 0.15) is 32.7 Å². The number of nitrogens with zero attached hydrogens (tertiary/aromatic N) is 3. The molecule has 0 radical (unpaired) electrons. The number of likely N-dealkylation sites (tertiary alicyclic amines) is 1. The third-order valence-corrected chi connectivity index (χ3v) is 4.15. The van der Waals surface area contributed by atoms with Crippen molar-refractivity contribution in [3.05, 3.63) is 24.4 Å². The summed E-state index contributed by atoms with van der Waals surface area (Å²) >= 11 is 0. The second kappa shape index (κ2) is 5.96. The molecule has 2 aromatic rings. The maximum absolute atomic E-state index is 12.3. The van der Waals surface area contributed by atoms with Crippen molar-refractivity contribution in [3.8, 4) is 0 Å². The second-order valence-corrected chi connectivity index (χ2v) is 6.08. The van der Waals surface area contributed by atoms with Crippen molar-refractivity contribution in [3.63, 3.8) is 0 Å². The smallest absolute Gasteiger partial charge is 0.322 e. The summed E-state index contributed by atoms with van der Waals surface area (Å²) < 4.78 is 1.92. The summed E-state index contributed by atoms with van der Waals surface area (Å²) in [4.78, 5) is 14.0. The molecule has 6 nitrogen and oxygen atoms in total. The maximum Gasteiger partial charge on any atom is 0.322 e. The summed E-state index contributed by atoms with van der Waals surface area (Å²) in [6.45, 7) is 4.88. The first kappa shape index (κ1) is 14.8. The molecule has 1 fully saturated rings. The fourth-order valence-electron chi connectivity index (χ4n) is 2.88. The highest BCUT2D eigenvalue weighted by molar-refractivity contribution is 5.92. The quantitative estimate of drug-likeness (QED) is 0.915. The predicted molar refractivity (Wildman–Crippen MR) is 86.0 cm³/mol. The number of rotatable bonds is 3. The number of amides is 2. The lowest BCUT2D eigenvalue weighted by molar-refractivity contribution is 0.166. The van der Waals surface area contributed by atoms with Crippen LogP contribution >= 0.6 is 0 Å². The van der Waals surface area contributed by atoms with Gasteiger partial charge in [-0.15, -0.1) is 0 Å². The van der Waals surface area contributed by atoms with Crippen LogP contribution in [0, 0.1) is 0 Å². The zero-order chi connectivity index (χ0) is 15.7. The number of hydrogen-bond acceptors (Lipinski definition) is 3. The Kier molecular flexibility index (Phi) is 4.02. The highest BCUT2D eigenvalue weighted by Crippen LogP contribution is 2.22. The summed E-state index contributed by atoms with van der Waals surface area (Å²) in [6, 6.07) is 5.81. The van der Waals surface area contributed by atoms with E-state index in [1.165, 1.54) is 0 Å². The first-order chi connectivity index (χ1) is 10.6. The minimum Gasteiger partial charge on any atom is -0.394 e. The van der Waals surface area contributed by atoms with E-state index in [2.05, 4.69) is 24.3 Å². The zero-order valence-corrected chi connectivity index (χ0v) is 13.0. The summed E-state index contributed by atoms with van der Waals surface area (Å²) in [5.74, 6) is 0. The summed E-state index contributed by atoms with van der Waals surface area (Å²) in [5, 5.41) is 17.7. The maximum atomic E-state index is 12.3. The molecule has 22 heavy (non-hydrogen) atoms. The Morgan fingerprint density at radius 2 is 2.32 bits per heavy atom. The van der Waals surface area contributed by atoms with E-state index >= 15 is 0 Å². The Morgan fingerprint density at radius 1 is 1.50 bits per heavy atom. The van der Waals surface area contributed by atoms with Gasteiger partial charge in [-0.25, -0.2) is 4.79 Å². The molecule has 2 amide bonds. The monoisotopic (exact) mass is 302 g/mol. The molecular weight excluding hydrogens is 280 g/mol. The van der Waals surface area contributed by atoms with Gasteiger partial charge in [-0.3, -0.25) is 4.68 Å². The van der Waals surface area contributed by atoms with Gasteiger partial charge in [0.15, 0.2) is 0 Å². The van der Waals surface area contributed by atoms with Gasteiger partial charge < -0.3 is 15.3 Å². The summed E-state index contributed by atoms with van der Waals surface area (Å²) in [5.41, 5.74) is 1.67. The molecule has 118 valence electrons. The average Bonchev–Trinajstić information content (AvgIpc) is 3.12. The topological polar surface area (TPSA) is 70.4 Å². The van der Waals surface area contributed by atoms with Crippen molar-refractivity contribution in [2.24, 2.45) is 0 Å². The van der Waals surface area contributed by atoms with E-state index in [4.69, 9.17) is 0 Å². The minimum atomic E-state index is -0.146. The van der Waals surface area contributed by atoms with Gasteiger partial charge in [0.2, 0.25) is 0 Å². The highest BCUT2D eigenvalue weighted by atomic mass is 16.3. The Balaban J connectivity index is 1.77. The van der Waals surface area contributed by atoms with Crippen LogP contribution in [0.4, 0.5) is 10.5 Å². The van der Waals surface area contributed by atoms with Crippen LogP contribution in [0.3, 0.4) is 0 Å². The first-order valence-corrected chi connectivity index (χ1v) is 7.76. The molecule has 3 rings (SSSR count). The fourth-order valence-corrected chi connectivity index (χ4v) is 2.88. The Hall–Kier alpha value is -2.08. The van der Waals surface area contributed by atoms with Crippen LogP contribution in [0.15, 0.2) is 24.4 Å². The van der Waals surface area contributed by atoms with Gasteiger partial charge in [-0.2, -0.15) is 5.10 Å². The molecule has 2 N–H and O–H groups in total. The molecule has 1 aromatic carbocycles. The van der Waals surface area contributed by atoms with Crippen molar-refractivity contribution in [2.45, 2.75) is 38.8 Å². The molecular formula is C16H22N4O2. The van der Waals surface area contributed by atoms with Gasteiger partial charge in [0.25, 0.3) is 0 Å². The Morgan fingerprint density at radius 3 is 3.05 bits per heavy atom. The van der Waals surface area contributed by atoms with Crippen molar-refractivity contribution in [2.75, 3.05) is 18.5 Å². The van der Waals surface area contributed by atoms with Crippen LogP contribution < -0.4 is 5.32 Å². The van der Waals surface area contributed by atoms with Crippen molar-refractivity contribution < 1.29 is 9.90 Å². The van der Waals surface area contributed by atoms with Gasteiger partial charge in [0.05, 0.1) is 18.2 Å². The molecule has 0 unspecified atom stereocenters. The number of benzene rings is 1. The van der Waals surface area contributed by atoms with Gasteiger partial charge in [0.1, 0.15) is 0 Å². The number of aliphatic hydroxyl groups excluding tert-OH is 1. The van der Waals surface area contributed by atoms with Crippen molar-refractivity contribution >= 4 is 22.6 Å². The Labute approximate surface area is 129 Å². The number of hydrogen-bond donors (Lipinski definition) is 2. The van der Waals surface area contributed by atoms with E-state index < -0.39 is 0 Å². The highest BCUT2D eigenvalue weighted by Gasteiger charge is 2.28. The lowest BCUT2D eigenvalue weighted by Crippen LogP contribution is -2.40. The van der Waals surface area contributed by atoms with Gasteiger partial charge >= 0.3 is 6.03 Å². The van der Waals surface area contributed by atoms with Crippen LogP contribution in [-0.4, -0.2) is 45.0 Å². The molecule has 1 aliphatic heterocycles. The molecule has 0 aliphatic carbocycles. The molecule has 0 saturated carbocycles. The molecule has 2 heterocycles. The van der Waals surface area contributed by atoms with E-state index in [0.29, 0.717) is 12.6 Å². The fraction of sp³-hybridized carbons (Fsp3) is 0.500. The molecule has 1 saturated heterocycles. The lowest BCUT2D eigenvalue weighted by atomic mass is 10.2. The first-order valence-electron chi connectivity index (χ1n) is 7.76. The van der Waals surface area contributed by atoms with E-state index in [1.807, 2.05) is 29.1 Å². The van der Waals surface area contributed by atoms with Crippen molar-refractivity contribution in [1.82, 2.24) is 14.7 Å². The number of aromatic nitrogens is 2. The second-order valence-electron chi connectivity index (χ2n) is 6.08. The number of anilines is 1.